The molecule has 1 aromatic heterocycles. The highest BCUT2D eigenvalue weighted by atomic mass is 19.1. The summed E-state index contributed by atoms with van der Waals surface area (Å²) in [5.74, 6) is -1.44. The standard InChI is InChI=1S/C15H17FN4O3/c1-9(15(21)17-13-7-5-4-6-12(13)16)8-19-11(3)14(20(22)23)10(2)18-19/h4-7,9H,8H2,1-3H3,(H,17,21)/t9-/m0/s1. The zero-order valence-corrected chi connectivity index (χ0v) is 13.0. The van der Waals surface area contributed by atoms with Crippen molar-refractivity contribution in [2.24, 2.45) is 5.92 Å². The number of rotatable bonds is 5. The van der Waals surface area contributed by atoms with E-state index in [1.165, 1.54) is 22.9 Å². The maximum atomic E-state index is 13.5. The monoisotopic (exact) mass is 320 g/mol. The second kappa shape index (κ2) is 6.55. The van der Waals surface area contributed by atoms with E-state index in [2.05, 4.69) is 10.4 Å². The number of halogens is 1. The van der Waals surface area contributed by atoms with Crippen molar-refractivity contribution in [1.82, 2.24) is 9.78 Å². The molecular formula is C15H17FN4O3. The Bertz CT molecular complexity index is 757. The van der Waals surface area contributed by atoms with Gasteiger partial charge in [-0.05, 0) is 26.0 Å². The second-order valence-corrected chi connectivity index (χ2v) is 5.33. The van der Waals surface area contributed by atoms with Crippen LogP contribution >= 0.6 is 0 Å². The van der Waals surface area contributed by atoms with Crippen molar-refractivity contribution < 1.29 is 14.1 Å². The van der Waals surface area contributed by atoms with Gasteiger partial charge in [0.1, 0.15) is 17.2 Å². The molecular weight excluding hydrogens is 303 g/mol. The number of nitrogens with zero attached hydrogens (tertiary/aromatic N) is 3. The molecule has 0 saturated heterocycles. The maximum absolute atomic E-state index is 13.5. The van der Waals surface area contributed by atoms with Gasteiger partial charge < -0.3 is 5.32 Å². The maximum Gasteiger partial charge on any atom is 0.312 e. The Hall–Kier alpha value is -2.77. The minimum atomic E-state index is -0.535. The number of amides is 1. The van der Waals surface area contributed by atoms with Crippen molar-refractivity contribution in [3.63, 3.8) is 0 Å². The van der Waals surface area contributed by atoms with Gasteiger partial charge in [0.25, 0.3) is 0 Å². The molecule has 1 amide bonds. The minimum absolute atomic E-state index is 0.0493. The van der Waals surface area contributed by atoms with Crippen LogP contribution in [0, 0.1) is 35.7 Å². The molecule has 1 heterocycles. The zero-order chi connectivity index (χ0) is 17.1. The Morgan fingerprint density at radius 2 is 2.09 bits per heavy atom. The van der Waals surface area contributed by atoms with Crippen LogP contribution in [0.25, 0.3) is 0 Å². The van der Waals surface area contributed by atoms with Crippen LogP contribution in [-0.2, 0) is 11.3 Å². The van der Waals surface area contributed by atoms with Gasteiger partial charge in [-0.15, -0.1) is 0 Å². The lowest BCUT2D eigenvalue weighted by atomic mass is 10.1. The van der Waals surface area contributed by atoms with Gasteiger partial charge in [0.05, 0.1) is 23.1 Å². The van der Waals surface area contributed by atoms with Crippen LogP contribution in [0.15, 0.2) is 24.3 Å². The van der Waals surface area contributed by atoms with Crippen LogP contribution < -0.4 is 5.32 Å². The number of benzene rings is 1. The Morgan fingerprint density at radius 3 is 2.65 bits per heavy atom. The minimum Gasteiger partial charge on any atom is -0.323 e. The Balaban J connectivity index is 2.12. The summed E-state index contributed by atoms with van der Waals surface area (Å²) in [6.45, 7) is 4.95. The van der Waals surface area contributed by atoms with Gasteiger partial charge in [-0.2, -0.15) is 5.10 Å². The van der Waals surface area contributed by atoms with E-state index in [4.69, 9.17) is 0 Å². The normalized spacial score (nSPS) is 12.0. The number of carbonyl (C=O) groups excluding carboxylic acids is 1. The number of carbonyl (C=O) groups is 1. The average Bonchev–Trinajstić information content (AvgIpc) is 2.75. The van der Waals surface area contributed by atoms with Crippen molar-refractivity contribution >= 4 is 17.3 Å². The molecule has 23 heavy (non-hydrogen) atoms. The van der Waals surface area contributed by atoms with Gasteiger partial charge in [-0.25, -0.2) is 4.39 Å². The predicted molar refractivity (Wildman–Crippen MR) is 82.5 cm³/mol. The molecule has 0 unspecified atom stereocenters. The molecule has 0 spiro atoms. The van der Waals surface area contributed by atoms with E-state index in [-0.39, 0.29) is 23.8 Å². The van der Waals surface area contributed by atoms with Gasteiger partial charge in [-0.3, -0.25) is 19.6 Å². The van der Waals surface area contributed by atoms with E-state index in [1.54, 1.807) is 26.8 Å². The van der Waals surface area contributed by atoms with Gasteiger partial charge in [-0.1, -0.05) is 19.1 Å². The van der Waals surface area contributed by atoms with Crippen molar-refractivity contribution in [2.75, 3.05) is 5.32 Å². The zero-order valence-electron chi connectivity index (χ0n) is 13.0. The Labute approximate surface area is 132 Å². The summed E-state index contributed by atoms with van der Waals surface area (Å²) < 4.78 is 15.0. The van der Waals surface area contributed by atoms with Crippen LogP contribution in [0.3, 0.4) is 0 Å². The van der Waals surface area contributed by atoms with E-state index >= 15 is 0 Å². The summed E-state index contributed by atoms with van der Waals surface area (Å²) in [6.07, 6.45) is 0. The van der Waals surface area contributed by atoms with Crippen molar-refractivity contribution in [2.45, 2.75) is 27.3 Å². The van der Waals surface area contributed by atoms with Crippen molar-refractivity contribution in [3.05, 3.63) is 51.6 Å². The quantitative estimate of drug-likeness (QED) is 0.677. The molecule has 7 nitrogen and oxygen atoms in total. The number of anilines is 1. The van der Waals surface area contributed by atoms with Crippen LogP contribution in [0.5, 0.6) is 0 Å². The molecule has 0 aliphatic heterocycles. The lowest BCUT2D eigenvalue weighted by molar-refractivity contribution is -0.386. The number of aryl methyl sites for hydroxylation is 1. The third kappa shape index (κ3) is 3.53. The first-order chi connectivity index (χ1) is 10.8. The smallest absolute Gasteiger partial charge is 0.312 e. The van der Waals surface area contributed by atoms with Crippen LogP contribution in [-0.4, -0.2) is 20.6 Å². The fourth-order valence-corrected chi connectivity index (χ4v) is 2.29. The molecule has 122 valence electrons. The highest BCUT2D eigenvalue weighted by molar-refractivity contribution is 5.92. The fourth-order valence-electron chi connectivity index (χ4n) is 2.29. The SMILES string of the molecule is Cc1nn(C[C@H](C)C(=O)Nc2ccccc2F)c(C)c1[N+](=O)[O-]. The molecule has 0 fully saturated rings. The van der Waals surface area contributed by atoms with E-state index < -0.39 is 16.7 Å². The predicted octanol–water partition coefficient (Wildman–Crippen LogP) is 2.82. The molecule has 1 aromatic carbocycles. The highest BCUT2D eigenvalue weighted by Gasteiger charge is 2.24. The molecule has 2 aromatic rings. The third-order valence-corrected chi connectivity index (χ3v) is 3.55. The van der Waals surface area contributed by atoms with Gasteiger partial charge in [0.2, 0.25) is 5.91 Å². The summed E-state index contributed by atoms with van der Waals surface area (Å²) >= 11 is 0. The first kappa shape index (κ1) is 16.6. The van der Waals surface area contributed by atoms with E-state index in [0.29, 0.717) is 11.4 Å². The lowest BCUT2D eigenvalue weighted by Gasteiger charge is -2.13. The molecule has 0 aliphatic rings. The molecule has 0 saturated carbocycles. The first-order valence-corrected chi connectivity index (χ1v) is 7.05. The number of nitrogens with one attached hydrogen (secondary N) is 1. The molecule has 1 atom stereocenters. The number of hydrogen-bond donors (Lipinski definition) is 1. The van der Waals surface area contributed by atoms with Crippen LogP contribution in [0.2, 0.25) is 0 Å². The number of nitro groups is 1. The molecule has 2 rings (SSSR count). The van der Waals surface area contributed by atoms with Crippen molar-refractivity contribution in [3.8, 4) is 0 Å². The number of hydrogen-bond acceptors (Lipinski definition) is 4. The Morgan fingerprint density at radius 1 is 1.43 bits per heavy atom. The second-order valence-electron chi connectivity index (χ2n) is 5.33. The van der Waals surface area contributed by atoms with Gasteiger partial charge >= 0.3 is 5.69 Å². The van der Waals surface area contributed by atoms with Gasteiger partial charge in [0.15, 0.2) is 0 Å². The van der Waals surface area contributed by atoms with Crippen molar-refractivity contribution in [1.29, 1.82) is 0 Å². The highest BCUT2D eigenvalue weighted by Crippen LogP contribution is 2.23. The summed E-state index contributed by atoms with van der Waals surface area (Å²) in [7, 11) is 0. The van der Waals surface area contributed by atoms with Crippen LogP contribution in [0.4, 0.5) is 15.8 Å². The fraction of sp³-hybridized carbons (Fsp3) is 0.333. The number of aromatic nitrogens is 2. The summed E-state index contributed by atoms with van der Waals surface area (Å²) in [6, 6.07) is 5.87. The summed E-state index contributed by atoms with van der Waals surface area (Å²) in [5.41, 5.74) is 0.739. The molecule has 0 aliphatic carbocycles. The van der Waals surface area contributed by atoms with E-state index in [9.17, 15) is 19.3 Å². The largest absolute Gasteiger partial charge is 0.323 e. The topological polar surface area (TPSA) is 90.1 Å². The van der Waals surface area contributed by atoms with E-state index in [1.807, 2.05) is 0 Å². The summed E-state index contributed by atoms with van der Waals surface area (Å²) in [4.78, 5) is 22.7. The average molecular weight is 320 g/mol. The molecule has 8 heteroatoms. The molecule has 1 N–H and O–H groups in total. The molecule has 0 radical (unpaired) electrons. The molecule has 0 bridgehead atoms. The third-order valence-electron chi connectivity index (χ3n) is 3.55. The van der Waals surface area contributed by atoms with Gasteiger partial charge in [0, 0.05) is 0 Å². The first-order valence-electron chi connectivity index (χ1n) is 7.05. The summed E-state index contributed by atoms with van der Waals surface area (Å²) in [5, 5.41) is 17.6. The Kier molecular flexibility index (Phi) is 4.73. The number of para-hydroxylation sites is 1. The van der Waals surface area contributed by atoms with Crippen LogP contribution in [0.1, 0.15) is 18.3 Å². The van der Waals surface area contributed by atoms with E-state index in [0.717, 1.165) is 0 Å². The lowest BCUT2D eigenvalue weighted by Crippen LogP contribution is -2.25.